The molecular weight excluding hydrogens is 448 g/mol. The predicted molar refractivity (Wildman–Crippen MR) is 136 cm³/mol. The summed E-state index contributed by atoms with van der Waals surface area (Å²) in [5.74, 6) is -0.271. The third kappa shape index (κ3) is 5.90. The Bertz CT molecular complexity index is 1370. The zero-order valence-electron chi connectivity index (χ0n) is 18.7. The van der Waals surface area contributed by atoms with E-state index in [1.165, 1.54) is 18.7 Å². The van der Waals surface area contributed by atoms with Crippen molar-refractivity contribution in [2.75, 3.05) is 16.4 Å². The van der Waals surface area contributed by atoms with E-state index >= 15 is 0 Å². The number of nitrogens with zero attached hydrogens (tertiary/aromatic N) is 2. The number of hydrogen-bond donors (Lipinski definition) is 2. The highest BCUT2D eigenvalue weighted by atomic mass is 32.2. The maximum atomic E-state index is 13.2. The van der Waals surface area contributed by atoms with Crippen molar-refractivity contribution in [1.29, 1.82) is 0 Å². The minimum atomic E-state index is -0.214. The highest BCUT2D eigenvalue weighted by Gasteiger charge is 2.13. The third-order valence-corrected chi connectivity index (χ3v) is 6.09. The van der Waals surface area contributed by atoms with Gasteiger partial charge < -0.3 is 10.6 Å². The number of carbonyl (C=O) groups is 2. The molecule has 34 heavy (non-hydrogen) atoms. The van der Waals surface area contributed by atoms with Gasteiger partial charge in [0.15, 0.2) is 5.16 Å². The molecule has 2 amide bonds. The molecule has 4 rings (SSSR count). The van der Waals surface area contributed by atoms with Crippen molar-refractivity contribution in [1.82, 2.24) is 9.55 Å². The van der Waals surface area contributed by atoms with Crippen molar-refractivity contribution in [2.24, 2.45) is 0 Å². The van der Waals surface area contributed by atoms with Gasteiger partial charge in [0.05, 0.1) is 16.7 Å². The zero-order valence-corrected chi connectivity index (χ0v) is 19.5. The summed E-state index contributed by atoms with van der Waals surface area (Å²) in [6.07, 6.45) is 0.682. The second-order valence-corrected chi connectivity index (χ2v) is 8.64. The lowest BCUT2D eigenvalue weighted by atomic mass is 10.1. The van der Waals surface area contributed by atoms with Gasteiger partial charge in [0.25, 0.3) is 5.56 Å². The average molecular weight is 473 g/mol. The molecule has 0 unspecified atom stereocenters. The maximum absolute atomic E-state index is 13.2. The number of benzene rings is 3. The molecule has 0 radical (unpaired) electrons. The van der Waals surface area contributed by atoms with Crippen LogP contribution in [-0.4, -0.2) is 27.1 Å². The first-order chi connectivity index (χ1) is 16.5. The van der Waals surface area contributed by atoms with Crippen molar-refractivity contribution in [3.8, 4) is 0 Å². The molecule has 0 aliphatic carbocycles. The van der Waals surface area contributed by atoms with Crippen LogP contribution in [0, 0.1) is 0 Å². The Morgan fingerprint density at radius 1 is 0.882 bits per heavy atom. The Balaban J connectivity index is 1.49. The molecule has 1 aromatic heterocycles. The van der Waals surface area contributed by atoms with Crippen molar-refractivity contribution >= 4 is 45.9 Å². The standard InChI is InChI=1S/C26H24N4O3S/c1-18(31)27-20-11-13-21(14-12-20)28-24(32)17-34-26-29-23-10-6-5-9-22(23)25(33)30(26)16-15-19-7-3-2-4-8-19/h2-14H,15-17H2,1H3,(H,27,31)(H,28,32). The topological polar surface area (TPSA) is 93.1 Å². The Morgan fingerprint density at radius 2 is 1.53 bits per heavy atom. The number of thioether (sulfide) groups is 1. The molecule has 0 atom stereocenters. The number of hydrogen-bond acceptors (Lipinski definition) is 5. The minimum absolute atomic E-state index is 0.101. The van der Waals surface area contributed by atoms with Gasteiger partial charge in [0, 0.05) is 24.8 Å². The smallest absolute Gasteiger partial charge is 0.262 e. The monoisotopic (exact) mass is 472 g/mol. The van der Waals surface area contributed by atoms with Gasteiger partial charge in [-0.15, -0.1) is 0 Å². The van der Waals surface area contributed by atoms with Crippen LogP contribution in [0.2, 0.25) is 0 Å². The molecular formula is C26H24N4O3S. The van der Waals surface area contributed by atoms with Crippen molar-refractivity contribution in [3.05, 3.63) is 94.8 Å². The van der Waals surface area contributed by atoms with Crippen LogP contribution >= 0.6 is 11.8 Å². The van der Waals surface area contributed by atoms with Gasteiger partial charge in [-0.2, -0.15) is 0 Å². The molecule has 172 valence electrons. The van der Waals surface area contributed by atoms with Crippen LogP contribution < -0.4 is 16.2 Å². The second kappa shape index (κ2) is 10.8. The van der Waals surface area contributed by atoms with E-state index in [1.54, 1.807) is 41.0 Å². The highest BCUT2D eigenvalue weighted by Crippen LogP contribution is 2.20. The van der Waals surface area contributed by atoms with E-state index < -0.39 is 0 Å². The number of amides is 2. The van der Waals surface area contributed by atoms with Crippen LogP contribution in [0.15, 0.2) is 88.8 Å². The van der Waals surface area contributed by atoms with Crippen molar-refractivity contribution in [3.63, 3.8) is 0 Å². The fourth-order valence-electron chi connectivity index (χ4n) is 3.51. The van der Waals surface area contributed by atoms with Crippen LogP contribution in [0.5, 0.6) is 0 Å². The number of carbonyl (C=O) groups excluding carboxylic acids is 2. The molecule has 8 heteroatoms. The number of aryl methyl sites for hydroxylation is 1. The summed E-state index contributed by atoms with van der Waals surface area (Å²) in [5, 5.41) is 6.59. The maximum Gasteiger partial charge on any atom is 0.262 e. The second-order valence-electron chi connectivity index (χ2n) is 7.70. The van der Waals surface area contributed by atoms with Crippen LogP contribution in [0.3, 0.4) is 0 Å². The van der Waals surface area contributed by atoms with Gasteiger partial charge in [-0.25, -0.2) is 4.98 Å². The normalized spacial score (nSPS) is 10.7. The number of para-hydroxylation sites is 1. The van der Waals surface area contributed by atoms with Crippen LogP contribution in [0.4, 0.5) is 11.4 Å². The Labute approximate surface area is 201 Å². The molecule has 0 bridgehead atoms. The van der Waals surface area contributed by atoms with E-state index in [1.807, 2.05) is 42.5 Å². The van der Waals surface area contributed by atoms with E-state index in [9.17, 15) is 14.4 Å². The zero-order chi connectivity index (χ0) is 23.9. The van der Waals surface area contributed by atoms with Crippen LogP contribution in [-0.2, 0) is 22.6 Å². The molecule has 0 spiro atoms. The van der Waals surface area contributed by atoms with Gasteiger partial charge in [-0.1, -0.05) is 54.2 Å². The van der Waals surface area contributed by atoms with Crippen LogP contribution in [0.25, 0.3) is 10.9 Å². The molecule has 0 saturated heterocycles. The number of nitrogens with one attached hydrogen (secondary N) is 2. The molecule has 7 nitrogen and oxygen atoms in total. The largest absolute Gasteiger partial charge is 0.326 e. The first kappa shape index (κ1) is 23.3. The Hall–Kier alpha value is -3.91. The Kier molecular flexibility index (Phi) is 7.39. The molecule has 0 aliphatic heterocycles. The summed E-state index contributed by atoms with van der Waals surface area (Å²) in [7, 11) is 0. The fraction of sp³-hybridized carbons (Fsp3) is 0.154. The predicted octanol–water partition coefficient (Wildman–Crippen LogP) is 4.33. The van der Waals surface area contributed by atoms with Gasteiger partial charge in [0.1, 0.15) is 0 Å². The summed E-state index contributed by atoms with van der Waals surface area (Å²) in [6, 6.07) is 24.1. The first-order valence-corrected chi connectivity index (χ1v) is 11.8. The van der Waals surface area contributed by atoms with Gasteiger partial charge in [-0.3, -0.25) is 19.0 Å². The van der Waals surface area contributed by atoms with E-state index in [4.69, 9.17) is 0 Å². The molecule has 0 fully saturated rings. The van der Waals surface area contributed by atoms with E-state index in [0.29, 0.717) is 40.4 Å². The number of rotatable bonds is 8. The number of fused-ring (bicyclic) bond motifs is 1. The minimum Gasteiger partial charge on any atom is -0.326 e. The fourth-order valence-corrected chi connectivity index (χ4v) is 4.33. The quantitative estimate of drug-likeness (QED) is 0.294. The van der Waals surface area contributed by atoms with Crippen molar-refractivity contribution < 1.29 is 9.59 Å². The molecule has 3 aromatic carbocycles. The lowest BCUT2D eigenvalue weighted by Gasteiger charge is -2.13. The lowest BCUT2D eigenvalue weighted by molar-refractivity contribution is -0.114. The lowest BCUT2D eigenvalue weighted by Crippen LogP contribution is -2.25. The Morgan fingerprint density at radius 3 is 2.24 bits per heavy atom. The SMILES string of the molecule is CC(=O)Nc1ccc(NC(=O)CSc2nc3ccccc3c(=O)n2CCc2ccccc2)cc1. The van der Waals surface area contributed by atoms with Crippen LogP contribution in [0.1, 0.15) is 12.5 Å². The van der Waals surface area contributed by atoms with Gasteiger partial charge in [-0.05, 0) is 48.4 Å². The number of aromatic nitrogens is 2. The third-order valence-electron chi connectivity index (χ3n) is 5.11. The molecule has 0 aliphatic rings. The molecule has 4 aromatic rings. The van der Waals surface area contributed by atoms with Gasteiger partial charge >= 0.3 is 0 Å². The van der Waals surface area contributed by atoms with Gasteiger partial charge in [0.2, 0.25) is 11.8 Å². The van der Waals surface area contributed by atoms with E-state index in [-0.39, 0.29) is 23.1 Å². The summed E-state index contributed by atoms with van der Waals surface area (Å²) in [5.41, 5.74) is 2.90. The first-order valence-electron chi connectivity index (χ1n) is 10.8. The van der Waals surface area contributed by atoms with E-state index in [0.717, 1.165) is 5.56 Å². The summed E-state index contributed by atoms with van der Waals surface area (Å²) in [4.78, 5) is 41.6. The number of anilines is 2. The highest BCUT2D eigenvalue weighted by molar-refractivity contribution is 7.99. The summed E-state index contributed by atoms with van der Waals surface area (Å²) < 4.78 is 1.65. The van der Waals surface area contributed by atoms with Crippen molar-refractivity contribution in [2.45, 2.75) is 25.0 Å². The van der Waals surface area contributed by atoms with E-state index in [2.05, 4.69) is 15.6 Å². The molecule has 0 saturated carbocycles. The molecule has 1 heterocycles. The summed E-state index contributed by atoms with van der Waals surface area (Å²) >= 11 is 1.23. The summed E-state index contributed by atoms with van der Waals surface area (Å²) in [6.45, 7) is 1.91. The average Bonchev–Trinajstić information content (AvgIpc) is 2.84. The molecule has 2 N–H and O–H groups in total.